The third kappa shape index (κ3) is 6.32. The predicted octanol–water partition coefficient (Wildman–Crippen LogP) is 2.72. The Bertz CT molecular complexity index is 590. The first-order valence-electron chi connectivity index (χ1n) is 6.72. The lowest BCUT2D eigenvalue weighted by Crippen LogP contribution is -2.06. The lowest BCUT2D eigenvalue weighted by molar-refractivity contribution is -0.138. The summed E-state index contributed by atoms with van der Waals surface area (Å²) in [6.07, 6.45) is 1.12. The van der Waals surface area contributed by atoms with E-state index in [4.69, 9.17) is 4.42 Å². The molecule has 0 aliphatic heterocycles. The van der Waals surface area contributed by atoms with Crippen molar-refractivity contribution in [3.05, 3.63) is 48.4 Å². The maximum Gasteiger partial charge on any atom is 0.330 e. The number of ether oxygens (including phenoxy) is 2. The molecule has 0 unspecified atom stereocenters. The van der Waals surface area contributed by atoms with Gasteiger partial charge in [0.1, 0.15) is 6.61 Å². The van der Waals surface area contributed by atoms with Gasteiger partial charge in [-0.1, -0.05) is 24.3 Å². The number of rotatable bonds is 5. The van der Waals surface area contributed by atoms with Gasteiger partial charge in [0.2, 0.25) is 11.8 Å². The van der Waals surface area contributed by atoms with Gasteiger partial charge in [-0.3, -0.25) is 0 Å². The minimum atomic E-state index is -0.410. The summed E-state index contributed by atoms with van der Waals surface area (Å²) in [5.41, 5.74) is 2.19. The summed E-state index contributed by atoms with van der Waals surface area (Å²) < 4.78 is 14.5. The number of benzene rings is 1. The largest absolute Gasteiger partial charge is 0.460 e. The Kier molecular flexibility index (Phi) is 7.56. The molecule has 1 aromatic heterocycles. The third-order valence-electron chi connectivity index (χ3n) is 2.52. The van der Waals surface area contributed by atoms with Crippen LogP contribution in [-0.2, 0) is 14.3 Å². The minimum absolute atomic E-state index is 0.293. The fraction of sp³-hybridized carbons (Fsp3) is 0.312. The summed E-state index contributed by atoms with van der Waals surface area (Å²) in [4.78, 5) is 10.3. The van der Waals surface area contributed by atoms with Crippen LogP contribution in [0.3, 0.4) is 0 Å². The van der Waals surface area contributed by atoms with Gasteiger partial charge in [-0.2, -0.15) is 0 Å². The second kappa shape index (κ2) is 9.46. The van der Waals surface area contributed by atoms with E-state index in [9.17, 15) is 4.79 Å². The van der Waals surface area contributed by atoms with Gasteiger partial charge < -0.3 is 13.9 Å². The summed E-state index contributed by atoms with van der Waals surface area (Å²) in [6, 6.07) is 7.99. The first kappa shape index (κ1) is 17.6. The SMILES string of the molecule is C=CC(=O)OCCOC.Cc1ccc(-c2nnc(C)o2)cc1. The Hall–Kier alpha value is -2.47. The molecule has 0 aliphatic rings. The van der Waals surface area contributed by atoms with Crippen LogP contribution in [0, 0.1) is 13.8 Å². The molecule has 6 heteroatoms. The van der Waals surface area contributed by atoms with Crippen molar-refractivity contribution in [2.45, 2.75) is 13.8 Å². The maximum atomic E-state index is 10.3. The van der Waals surface area contributed by atoms with Gasteiger partial charge in [-0.25, -0.2) is 4.79 Å². The van der Waals surface area contributed by atoms with Crippen molar-refractivity contribution < 1.29 is 18.7 Å². The lowest BCUT2D eigenvalue weighted by atomic mass is 10.1. The Morgan fingerprint density at radius 1 is 1.23 bits per heavy atom. The van der Waals surface area contributed by atoms with Crippen molar-refractivity contribution in [2.24, 2.45) is 0 Å². The molecule has 2 aromatic rings. The van der Waals surface area contributed by atoms with Crippen LogP contribution in [0.15, 0.2) is 41.3 Å². The van der Waals surface area contributed by atoms with E-state index >= 15 is 0 Å². The monoisotopic (exact) mass is 304 g/mol. The zero-order valence-electron chi connectivity index (χ0n) is 13.0. The molecule has 1 aromatic carbocycles. The van der Waals surface area contributed by atoms with Crippen LogP contribution < -0.4 is 0 Å². The maximum absolute atomic E-state index is 10.3. The van der Waals surface area contributed by atoms with Crippen LogP contribution in [0.2, 0.25) is 0 Å². The second-order valence-corrected chi connectivity index (χ2v) is 4.36. The van der Waals surface area contributed by atoms with E-state index in [1.165, 1.54) is 5.56 Å². The zero-order valence-corrected chi connectivity index (χ0v) is 13.0. The number of nitrogens with zero attached hydrogens (tertiary/aromatic N) is 2. The number of carbonyl (C=O) groups excluding carboxylic acids is 1. The van der Waals surface area contributed by atoms with E-state index in [0.717, 1.165) is 11.6 Å². The second-order valence-electron chi connectivity index (χ2n) is 4.36. The quantitative estimate of drug-likeness (QED) is 0.480. The Labute approximate surface area is 129 Å². The first-order valence-corrected chi connectivity index (χ1v) is 6.72. The molecular formula is C16H20N2O4. The molecule has 0 radical (unpaired) electrons. The fourth-order valence-corrected chi connectivity index (χ4v) is 1.39. The first-order chi connectivity index (χ1) is 10.6. The molecule has 118 valence electrons. The van der Waals surface area contributed by atoms with Gasteiger partial charge in [-0.15, -0.1) is 10.2 Å². The highest BCUT2D eigenvalue weighted by Crippen LogP contribution is 2.17. The number of esters is 1. The molecule has 0 saturated carbocycles. The van der Waals surface area contributed by atoms with Gasteiger partial charge in [0.05, 0.1) is 6.61 Å². The summed E-state index contributed by atoms with van der Waals surface area (Å²) in [6.45, 7) is 7.77. The fourth-order valence-electron chi connectivity index (χ4n) is 1.39. The van der Waals surface area contributed by atoms with E-state index < -0.39 is 5.97 Å². The average Bonchev–Trinajstić information content (AvgIpc) is 2.95. The number of methoxy groups -OCH3 is 1. The van der Waals surface area contributed by atoms with Gasteiger partial charge in [0.25, 0.3) is 0 Å². The number of hydrogen-bond acceptors (Lipinski definition) is 6. The Balaban J connectivity index is 0.000000239. The molecule has 0 saturated heterocycles. The lowest BCUT2D eigenvalue weighted by Gasteiger charge is -1.98. The molecule has 1 heterocycles. The third-order valence-corrected chi connectivity index (χ3v) is 2.52. The Morgan fingerprint density at radius 3 is 2.41 bits per heavy atom. The van der Waals surface area contributed by atoms with Crippen molar-refractivity contribution in [3.63, 3.8) is 0 Å². The molecule has 22 heavy (non-hydrogen) atoms. The summed E-state index contributed by atoms with van der Waals surface area (Å²) in [5.74, 6) is 0.764. The van der Waals surface area contributed by atoms with Gasteiger partial charge in [0.15, 0.2) is 0 Å². The molecule has 0 bridgehead atoms. The highest BCUT2D eigenvalue weighted by atomic mass is 16.6. The van der Waals surface area contributed by atoms with E-state index in [1.807, 2.05) is 31.2 Å². The molecule has 0 fully saturated rings. The van der Waals surface area contributed by atoms with E-state index in [0.29, 0.717) is 25.0 Å². The Morgan fingerprint density at radius 2 is 1.91 bits per heavy atom. The van der Waals surface area contributed by atoms with Crippen LogP contribution in [0.5, 0.6) is 0 Å². The molecule has 0 atom stereocenters. The van der Waals surface area contributed by atoms with Gasteiger partial charge >= 0.3 is 5.97 Å². The van der Waals surface area contributed by atoms with E-state index in [-0.39, 0.29) is 0 Å². The van der Waals surface area contributed by atoms with Crippen LogP contribution in [0.1, 0.15) is 11.5 Å². The van der Waals surface area contributed by atoms with Crippen molar-refractivity contribution >= 4 is 5.97 Å². The van der Waals surface area contributed by atoms with Crippen molar-refractivity contribution in [1.82, 2.24) is 10.2 Å². The molecule has 2 rings (SSSR count). The van der Waals surface area contributed by atoms with E-state index in [1.54, 1.807) is 14.0 Å². The van der Waals surface area contributed by atoms with Crippen molar-refractivity contribution in [2.75, 3.05) is 20.3 Å². The average molecular weight is 304 g/mol. The van der Waals surface area contributed by atoms with E-state index in [2.05, 4.69) is 26.3 Å². The number of carbonyl (C=O) groups is 1. The van der Waals surface area contributed by atoms with Crippen LogP contribution in [0.4, 0.5) is 0 Å². The summed E-state index contributed by atoms with van der Waals surface area (Å²) >= 11 is 0. The minimum Gasteiger partial charge on any atom is -0.460 e. The number of aryl methyl sites for hydroxylation is 2. The highest BCUT2D eigenvalue weighted by molar-refractivity contribution is 5.81. The predicted molar refractivity (Wildman–Crippen MR) is 82.2 cm³/mol. The topological polar surface area (TPSA) is 74.5 Å². The summed E-state index contributed by atoms with van der Waals surface area (Å²) in [7, 11) is 1.54. The van der Waals surface area contributed by atoms with Crippen LogP contribution in [0.25, 0.3) is 11.5 Å². The standard InChI is InChI=1S/C10H10N2O.C6H10O3/c1-7-3-5-9(6-4-7)10-12-11-8(2)13-10;1-3-6(7)9-5-4-8-2/h3-6H,1-2H3;3H,1,4-5H2,2H3. The van der Waals surface area contributed by atoms with Crippen molar-refractivity contribution in [1.29, 1.82) is 0 Å². The zero-order chi connectivity index (χ0) is 16.4. The molecule has 6 nitrogen and oxygen atoms in total. The number of hydrogen-bond donors (Lipinski definition) is 0. The smallest absolute Gasteiger partial charge is 0.330 e. The van der Waals surface area contributed by atoms with Crippen LogP contribution in [-0.4, -0.2) is 36.5 Å². The highest BCUT2D eigenvalue weighted by Gasteiger charge is 2.03. The van der Waals surface area contributed by atoms with Crippen molar-refractivity contribution in [3.8, 4) is 11.5 Å². The molecule has 0 N–H and O–H groups in total. The molecular weight excluding hydrogens is 284 g/mol. The van der Waals surface area contributed by atoms with Crippen LogP contribution >= 0.6 is 0 Å². The van der Waals surface area contributed by atoms with Gasteiger partial charge in [-0.05, 0) is 19.1 Å². The normalized spacial score (nSPS) is 9.59. The molecule has 0 aliphatic carbocycles. The molecule has 0 spiro atoms. The van der Waals surface area contributed by atoms with Gasteiger partial charge in [0, 0.05) is 25.7 Å². The number of aromatic nitrogens is 2. The summed E-state index contributed by atoms with van der Waals surface area (Å²) in [5, 5.41) is 7.70. The molecule has 0 amide bonds.